The van der Waals surface area contributed by atoms with E-state index >= 15 is 0 Å². The van der Waals surface area contributed by atoms with Crippen molar-refractivity contribution in [2.45, 2.75) is 18.4 Å². The predicted octanol–water partition coefficient (Wildman–Crippen LogP) is 4.95. The monoisotopic (exact) mass is 339 g/mol. The van der Waals surface area contributed by atoms with Gasteiger partial charge < -0.3 is 10.1 Å². The molecule has 0 saturated carbocycles. The molecule has 3 nitrogen and oxygen atoms in total. The quantitative estimate of drug-likeness (QED) is 0.621. The van der Waals surface area contributed by atoms with Crippen molar-refractivity contribution in [3.05, 3.63) is 76.3 Å². The van der Waals surface area contributed by atoms with Gasteiger partial charge in [0, 0.05) is 16.6 Å². The Labute approximate surface area is 146 Å². The summed E-state index contributed by atoms with van der Waals surface area (Å²) in [5.74, 6) is 0.531. The van der Waals surface area contributed by atoms with Crippen molar-refractivity contribution < 1.29 is 9.53 Å². The summed E-state index contributed by atoms with van der Waals surface area (Å²) in [7, 11) is 1.40. The third-order valence-corrected chi connectivity index (χ3v) is 5.25. The number of nitrogens with one attached hydrogen (secondary N) is 1. The maximum absolute atomic E-state index is 11.6. The SMILES string of the molecule is COC(=O)c1ccc([C@H]2Nc3ccc(Cl)cc3[C@@H]3C=CC[C@@H]23)cc1. The Morgan fingerprint density at radius 2 is 2.00 bits per heavy atom. The number of hydrogen-bond acceptors (Lipinski definition) is 3. The first-order chi connectivity index (χ1) is 11.7. The van der Waals surface area contributed by atoms with Gasteiger partial charge in [-0.1, -0.05) is 35.9 Å². The molecule has 2 aromatic carbocycles. The first-order valence-corrected chi connectivity index (χ1v) is 8.46. The Morgan fingerprint density at radius 3 is 2.75 bits per heavy atom. The standard InChI is InChI=1S/C20H18ClNO2/c1-24-20(23)13-7-5-12(6-8-13)19-16-4-2-3-15(16)17-11-14(21)9-10-18(17)22-19/h2-3,5-11,15-16,19,22H,4H2,1H3/t15-,16-,19-/m1/s1. The maximum atomic E-state index is 11.6. The van der Waals surface area contributed by atoms with Crippen LogP contribution in [0.4, 0.5) is 5.69 Å². The summed E-state index contributed by atoms with van der Waals surface area (Å²) in [6.45, 7) is 0. The zero-order chi connectivity index (χ0) is 16.7. The number of fused-ring (bicyclic) bond motifs is 3. The van der Waals surface area contributed by atoms with Crippen LogP contribution < -0.4 is 5.32 Å². The van der Waals surface area contributed by atoms with Gasteiger partial charge in [-0.15, -0.1) is 0 Å². The fourth-order valence-electron chi connectivity index (χ4n) is 3.84. The van der Waals surface area contributed by atoms with Crippen molar-refractivity contribution in [3.8, 4) is 0 Å². The summed E-state index contributed by atoms with van der Waals surface area (Å²) in [4.78, 5) is 11.6. The Kier molecular flexibility index (Phi) is 3.81. The minimum atomic E-state index is -0.307. The molecule has 0 amide bonds. The molecule has 4 rings (SSSR count). The molecule has 24 heavy (non-hydrogen) atoms. The molecule has 0 unspecified atom stereocenters. The second-order valence-corrected chi connectivity index (χ2v) is 6.76. The molecule has 0 aromatic heterocycles. The van der Waals surface area contributed by atoms with Crippen LogP contribution in [0.5, 0.6) is 0 Å². The first-order valence-electron chi connectivity index (χ1n) is 8.08. The lowest BCUT2D eigenvalue weighted by atomic mass is 9.77. The van der Waals surface area contributed by atoms with Gasteiger partial charge in [0.2, 0.25) is 0 Å². The highest BCUT2D eigenvalue weighted by Crippen LogP contribution is 2.50. The lowest BCUT2D eigenvalue weighted by Gasteiger charge is -2.37. The van der Waals surface area contributed by atoms with Crippen molar-refractivity contribution in [3.63, 3.8) is 0 Å². The predicted molar refractivity (Wildman–Crippen MR) is 95.6 cm³/mol. The largest absolute Gasteiger partial charge is 0.465 e. The molecule has 2 aliphatic rings. The van der Waals surface area contributed by atoms with Gasteiger partial charge in [0.1, 0.15) is 0 Å². The summed E-state index contributed by atoms with van der Waals surface area (Å²) in [5.41, 5.74) is 4.16. The van der Waals surface area contributed by atoms with Gasteiger partial charge in [-0.3, -0.25) is 0 Å². The number of benzene rings is 2. The van der Waals surface area contributed by atoms with Crippen LogP contribution in [0.2, 0.25) is 5.02 Å². The lowest BCUT2D eigenvalue weighted by molar-refractivity contribution is 0.0600. The van der Waals surface area contributed by atoms with Crippen molar-refractivity contribution in [2.24, 2.45) is 5.92 Å². The summed E-state index contributed by atoms with van der Waals surface area (Å²) in [6.07, 6.45) is 5.58. The van der Waals surface area contributed by atoms with E-state index in [0.29, 0.717) is 17.4 Å². The molecular weight excluding hydrogens is 322 g/mol. The zero-order valence-corrected chi connectivity index (χ0v) is 14.1. The van der Waals surface area contributed by atoms with E-state index < -0.39 is 0 Å². The van der Waals surface area contributed by atoms with E-state index in [4.69, 9.17) is 16.3 Å². The molecule has 3 atom stereocenters. The molecule has 4 heteroatoms. The van der Waals surface area contributed by atoms with Crippen LogP contribution >= 0.6 is 11.6 Å². The number of esters is 1. The van der Waals surface area contributed by atoms with Crippen LogP contribution in [0.25, 0.3) is 0 Å². The number of hydrogen-bond donors (Lipinski definition) is 1. The van der Waals surface area contributed by atoms with Gasteiger partial charge in [-0.05, 0) is 53.8 Å². The van der Waals surface area contributed by atoms with Gasteiger partial charge in [0.25, 0.3) is 0 Å². The van der Waals surface area contributed by atoms with E-state index in [9.17, 15) is 4.79 Å². The van der Waals surface area contributed by atoms with Crippen LogP contribution in [-0.4, -0.2) is 13.1 Å². The second-order valence-electron chi connectivity index (χ2n) is 6.32. The van der Waals surface area contributed by atoms with E-state index in [1.54, 1.807) is 0 Å². The van der Waals surface area contributed by atoms with E-state index in [-0.39, 0.29) is 12.0 Å². The second kappa shape index (κ2) is 5.99. The summed E-state index contributed by atoms with van der Waals surface area (Å²) < 4.78 is 4.77. The maximum Gasteiger partial charge on any atom is 0.337 e. The Morgan fingerprint density at radius 1 is 1.21 bits per heavy atom. The number of halogens is 1. The van der Waals surface area contributed by atoms with Crippen molar-refractivity contribution >= 4 is 23.3 Å². The highest BCUT2D eigenvalue weighted by Gasteiger charge is 2.37. The molecule has 2 aromatic rings. The van der Waals surface area contributed by atoms with Gasteiger partial charge in [0.05, 0.1) is 18.7 Å². The van der Waals surface area contributed by atoms with E-state index in [2.05, 4.69) is 29.6 Å². The minimum absolute atomic E-state index is 0.213. The summed E-state index contributed by atoms with van der Waals surface area (Å²) >= 11 is 6.19. The molecule has 1 N–H and O–H groups in total. The topological polar surface area (TPSA) is 38.3 Å². The zero-order valence-electron chi connectivity index (χ0n) is 13.3. The van der Waals surface area contributed by atoms with Crippen LogP contribution in [0, 0.1) is 5.92 Å². The molecule has 0 bridgehead atoms. The minimum Gasteiger partial charge on any atom is -0.465 e. The normalized spacial score (nSPS) is 24.0. The number of allylic oxidation sites excluding steroid dienone is 2. The van der Waals surface area contributed by atoms with Crippen molar-refractivity contribution in [1.29, 1.82) is 0 Å². The van der Waals surface area contributed by atoms with Gasteiger partial charge in [-0.2, -0.15) is 0 Å². The van der Waals surface area contributed by atoms with Crippen LogP contribution in [0.3, 0.4) is 0 Å². The summed E-state index contributed by atoms with van der Waals surface area (Å²) in [5, 5.41) is 4.43. The smallest absolute Gasteiger partial charge is 0.337 e. The average Bonchev–Trinajstić information content (AvgIpc) is 3.11. The molecule has 1 heterocycles. The molecule has 0 spiro atoms. The Hall–Kier alpha value is -2.26. The number of methoxy groups -OCH3 is 1. The van der Waals surface area contributed by atoms with Crippen molar-refractivity contribution in [1.82, 2.24) is 0 Å². The fourth-order valence-corrected chi connectivity index (χ4v) is 4.02. The number of rotatable bonds is 2. The van der Waals surface area contributed by atoms with E-state index in [1.165, 1.54) is 18.2 Å². The number of carbonyl (C=O) groups is 1. The molecule has 1 aliphatic carbocycles. The van der Waals surface area contributed by atoms with E-state index in [1.807, 2.05) is 30.3 Å². The fraction of sp³-hybridized carbons (Fsp3) is 0.250. The Balaban J connectivity index is 1.69. The molecule has 0 fully saturated rings. The third-order valence-electron chi connectivity index (χ3n) is 5.02. The molecule has 1 aliphatic heterocycles. The molecule has 122 valence electrons. The van der Waals surface area contributed by atoms with Crippen LogP contribution in [0.1, 0.15) is 39.9 Å². The lowest BCUT2D eigenvalue weighted by Crippen LogP contribution is -2.29. The third kappa shape index (κ3) is 2.49. The highest BCUT2D eigenvalue weighted by molar-refractivity contribution is 6.30. The van der Waals surface area contributed by atoms with Crippen LogP contribution in [0.15, 0.2) is 54.6 Å². The van der Waals surface area contributed by atoms with Crippen LogP contribution in [-0.2, 0) is 4.74 Å². The van der Waals surface area contributed by atoms with Gasteiger partial charge in [-0.25, -0.2) is 4.79 Å². The number of anilines is 1. The highest BCUT2D eigenvalue weighted by atomic mass is 35.5. The molecule has 0 radical (unpaired) electrons. The Bertz CT molecular complexity index is 813. The van der Waals surface area contributed by atoms with E-state index in [0.717, 1.165) is 17.1 Å². The average molecular weight is 340 g/mol. The van der Waals surface area contributed by atoms with Crippen molar-refractivity contribution in [2.75, 3.05) is 12.4 Å². The van der Waals surface area contributed by atoms with Gasteiger partial charge in [0.15, 0.2) is 0 Å². The van der Waals surface area contributed by atoms with Gasteiger partial charge >= 0.3 is 5.97 Å². The summed E-state index contributed by atoms with van der Waals surface area (Å²) in [6, 6.07) is 13.9. The number of ether oxygens (including phenoxy) is 1. The first kappa shape index (κ1) is 15.3. The molecular formula is C20H18ClNO2. The molecule has 0 saturated heterocycles. The number of carbonyl (C=O) groups excluding carboxylic acids is 1.